The van der Waals surface area contributed by atoms with Gasteiger partial charge in [-0.05, 0) is 50.1 Å². The highest BCUT2D eigenvalue weighted by Crippen LogP contribution is 2.41. The second-order valence-corrected chi connectivity index (χ2v) is 5.98. The average Bonchev–Trinajstić information content (AvgIpc) is 3.20. The number of hydrogen-bond acceptors (Lipinski definition) is 2. The Morgan fingerprint density at radius 3 is 2.44 bits per heavy atom. The Kier molecular flexibility index (Phi) is 3.67. The van der Waals surface area contributed by atoms with Crippen molar-refractivity contribution in [1.82, 2.24) is 5.32 Å². The third-order valence-corrected chi connectivity index (χ3v) is 4.65. The van der Waals surface area contributed by atoms with Crippen molar-refractivity contribution < 1.29 is 0 Å². The van der Waals surface area contributed by atoms with Crippen LogP contribution in [-0.2, 0) is 0 Å². The SMILES string of the molecule is NCC1CCC(N[C@H]2C[C@@H]2c2ccccc2)CC1. The van der Waals surface area contributed by atoms with E-state index in [1.54, 1.807) is 0 Å². The van der Waals surface area contributed by atoms with Gasteiger partial charge in [-0.15, -0.1) is 0 Å². The van der Waals surface area contributed by atoms with Crippen molar-refractivity contribution in [2.24, 2.45) is 11.7 Å². The van der Waals surface area contributed by atoms with Gasteiger partial charge in [0.1, 0.15) is 0 Å². The molecule has 2 atom stereocenters. The predicted molar refractivity (Wildman–Crippen MR) is 75.5 cm³/mol. The largest absolute Gasteiger partial charge is 0.330 e. The van der Waals surface area contributed by atoms with Gasteiger partial charge in [0.2, 0.25) is 0 Å². The van der Waals surface area contributed by atoms with Gasteiger partial charge in [0, 0.05) is 18.0 Å². The average molecular weight is 244 g/mol. The molecule has 0 aliphatic heterocycles. The quantitative estimate of drug-likeness (QED) is 0.854. The molecule has 0 unspecified atom stereocenters. The minimum atomic E-state index is 0.729. The van der Waals surface area contributed by atoms with E-state index in [4.69, 9.17) is 5.73 Å². The van der Waals surface area contributed by atoms with E-state index < -0.39 is 0 Å². The van der Waals surface area contributed by atoms with E-state index >= 15 is 0 Å². The molecule has 3 N–H and O–H groups in total. The fourth-order valence-electron chi connectivity index (χ4n) is 3.32. The number of benzene rings is 1. The molecule has 0 bridgehead atoms. The molecule has 2 aliphatic rings. The third-order valence-electron chi connectivity index (χ3n) is 4.65. The van der Waals surface area contributed by atoms with Gasteiger partial charge in [-0.2, -0.15) is 0 Å². The van der Waals surface area contributed by atoms with Gasteiger partial charge in [-0.1, -0.05) is 30.3 Å². The Bertz CT molecular complexity index is 368. The second kappa shape index (κ2) is 5.41. The van der Waals surface area contributed by atoms with Crippen LogP contribution >= 0.6 is 0 Å². The zero-order valence-electron chi connectivity index (χ0n) is 11.0. The fraction of sp³-hybridized carbons (Fsp3) is 0.625. The first kappa shape index (κ1) is 12.2. The van der Waals surface area contributed by atoms with Crippen LogP contribution in [-0.4, -0.2) is 18.6 Å². The third kappa shape index (κ3) is 2.76. The lowest BCUT2D eigenvalue weighted by molar-refractivity contribution is 0.294. The second-order valence-electron chi connectivity index (χ2n) is 5.98. The van der Waals surface area contributed by atoms with E-state index in [1.165, 1.54) is 37.7 Å². The smallest absolute Gasteiger partial charge is 0.0145 e. The highest BCUT2D eigenvalue weighted by molar-refractivity contribution is 5.27. The topological polar surface area (TPSA) is 38.0 Å². The molecule has 1 aromatic carbocycles. The van der Waals surface area contributed by atoms with Gasteiger partial charge >= 0.3 is 0 Å². The molecule has 2 aliphatic carbocycles. The standard InChI is InChI=1S/C16H24N2/c17-11-12-6-8-14(9-7-12)18-16-10-15(16)13-4-2-1-3-5-13/h1-5,12,14-16,18H,6-11,17H2/t12?,14?,15-,16+/m1/s1. The zero-order valence-corrected chi connectivity index (χ0v) is 11.0. The van der Waals surface area contributed by atoms with Gasteiger partial charge in [-0.3, -0.25) is 0 Å². The highest BCUT2D eigenvalue weighted by atomic mass is 15.0. The molecule has 1 aromatic rings. The summed E-state index contributed by atoms with van der Waals surface area (Å²) in [5.74, 6) is 1.55. The Labute approximate surface area is 110 Å². The lowest BCUT2D eigenvalue weighted by atomic mass is 9.86. The first-order valence-electron chi connectivity index (χ1n) is 7.38. The number of rotatable bonds is 4. The summed E-state index contributed by atoms with van der Waals surface area (Å²) in [7, 11) is 0. The minimum Gasteiger partial charge on any atom is -0.330 e. The van der Waals surface area contributed by atoms with Crippen LogP contribution in [0.5, 0.6) is 0 Å². The normalized spacial score (nSPS) is 35.4. The summed E-state index contributed by atoms with van der Waals surface area (Å²) in [5.41, 5.74) is 7.25. The van der Waals surface area contributed by atoms with Crippen molar-refractivity contribution >= 4 is 0 Å². The van der Waals surface area contributed by atoms with Crippen LogP contribution in [0.4, 0.5) is 0 Å². The Morgan fingerprint density at radius 1 is 1.06 bits per heavy atom. The maximum atomic E-state index is 5.74. The number of hydrogen-bond donors (Lipinski definition) is 2. The van der Waals surface area contributed by atoms with Gasteiger partial charge < -0.3 is 11.1 Å². The molecule has 2 nitrogen and oxygen atoms in total. The van der Waals surface area contributed by atoms with E-state index in [0.717, 1.165) is 30.5 Å². The van der Waals surface area contributed by atoms with E-state index in [9.17, 15) is 0 Å². The van der Waals surface area contributed by atoms with Crippen molar-refractivity contribution in [1.29, 1.82) is 0 Å². The molecule has 0 amide bonds. The summed E-state index contributed by atoms with van der Waals surface area (Å²) >= 11 is 0. The lowest BCUT2D eigenvalue weighted by Crippen LogP contribution is -2.36. The van der Waals surface area contributed by atoms with E-state index in [-0.39, 0.29) is 0 Å². The molecular formula is C16H24N2. The van der Waals surface area contributed by atoms with Crippen LogP contribution in [0.3, 0.4) is 0 Å². The molecule has 0 spiro atoms. The van der Waals surface area contributed by atoms with Crippen LogP contribution in [0.15, 0.2) is 30.3 Å². The minimum absolute atomic E-state index is 0.729. The zero-order chi connectivity index (χ0) is 12.4. The van der Waals surface area contributed by atoms with E-state index in [1.807, 2.05) is 0 Å². The lowest BCUT2D eigenvalue weighted by Gasteiger charge is -2.28. The fourth-order valence-corrected chi connectivity index (χ4v) is 3.32. The maximum absolute atomic E-state index is 5.74. The molecule has 18 heavy (non-hydrogen) atoms. The van der Waals surface area contributed by atoms with Gasteiger partial charge in [-0.25, -0.2) is 0 Å². The predicted octanol–water partition coefficient (Wildman–Crippen LogP) is 2.65. The van der Waals surface area contributed by atoms with Gasteiger partial charge in [0.15, 0.2) is 0 Å². The van der Waals surface area contributed by atoms with Crippen molar-refractivity contribution in [2.45, 2.75) is 50.1 Å². The molecule has 0 heterocycles. The molecule has 98 valence electrons. The molecule has 2 fully saturated rings. The van der Waals surface area contributed by atoms with E-state index in [0.29, 0.717) is 0 Å². The first-order chi connectivity index (χ1) is 8.86. The summed E-state index contributed by atoms with van der Waals surface area (Å²) in [6.45, 7) is 0.878. The van der Waals surface area contributed by atoms with Crippen molar-refractivity contribution in [3.63, 3.8) is 0 Å². The van der Waals surface area contributed by atoms with E-state index in [2.05, 4.69) is 35.6 Å². The van der Waals surface area contributed by atoms with Crippen LogP contribution in [0.2, 0.25) is 0 Å². The molecule has 2 heteroatoms. The summed E-state index contributed by atoms with van der Waals surface area (Å²) in [6, 6.07) is 12.4. The molecule has 0 saturated heterocycles. The molecule has 0 aromatic heterocycles. The molecular weight excluding hydrogens is 220 g/mol. The summed E-state index contributed by atoms with van der Waals surface area (Å²) in [6.07, 6.45) is 6.59. The maximum Gasteiger partial charge on any atom is 0.0145 e. The number of nitrogens with one attached hydrogen (secondary N) is 1. The van der Waals surface area contributed by atoms with Gasteiger partial charge in [0.05, 0.1) is 0 Å². The van der Waals surface area contributed by atoms with Crippen LogP contribution in [0.25, 0.3) is 0 Å². The Morgan fingerprint density at radius 2 is 1.78 bits per heavy atom. The summed E-state index contributed by atoms with van der Waals surface area (Å²) < 4.78 is 0. The van der Waals surface area contributed by atoms with Crippen molar-refractivity contribution in [3.8, 4) is 0 Å². The first-order valence-corrected chi connectivity index (χ1v) is 7.38. The van der Waals surface area contributed by atoms with Crippen molar-refractivity contribution in [3.05, 3.63) is 35.9 Å². The van der Waals surface area contributed by atoms with Crippen LogP contribution in [0, 0.1) is 5.92 Å². The molecule has 2 saturated carbocycles. The van der Waals surface area contributed by atoms with Crippen LogP contribution < -0.4 is 11.1 Å². The van der Waals surface area contributed by atoms with Crippen LogP contribution in [0.1, 0.15) is 43.6 Å². The Balaban J connectivity index is 1.46. The summed E-state index contributed by atoms with van der Waals surface area (Å²) in [4.78, 5) is 0. The highest BCUT2D eigenvalue weighted by Gasteiger charge is 2.39. The number of nitrogens with two attached hydrogens (primary N) is 1. The monoisotopic (exact) mass is 244 g/mol. The van der Waals surface area contributed by atoms with Crippen molar-refractivity contribution in [2.75, 3.05) is 6.54 Å². The molecule has 3 rings (SSSR count). The summed E-state index contributed by atoms with van der Waals surface area (Å²) in [5, 5.41) is 3.85. The van der Waals surface area contributed by atoms with Gasteiger partial charge in [0.25, 0.3) is 0 Å². The molecule has 0 radical (unpaired) electrons. The Hall–Kier alpha value is -0.860.